The van der Waals surface area contributed by atoms with Crippen molar-refractivity contribution < 1.29 is 0 Å². The molecule has 0 bridgehead atoms. The summed E-state index contributed by atoms with van der Waals surface area (Å²) in [6.07, 6.45) is 0. The Morgan fingerprint density at radius 3 is 2.83 bits per heavy atom. The summed E-state index contributed by atoms with van der Waals surface area (Å²) in [6.45, 7) is 0. The number of thiol groups is 1. The van der Waals surface area contributed by atoms with E-state index in [1.165, 1.54) is 0 Å². The first-order valence-electron chi connectivity index (χ1n) is 3.34. The number of rotatable bonds is 0. The maximum atomic E-state index is 5.97. The van der Waals surface area contributed by atoms with E-state index in [1.54, 1.807) is 11.3 Å². The number of anilines is 1. The summed E-state index contributed by atoms with van der Waals surface area (Å²) in [7, 11) is 0. The Morgan fingerprint density at radius 1 is 1.42 bits per heavy atom. The monoisotopic (exact) mass is 215 g/mol. The van der Waals surface area contributed by atoms with Crippen LogP contribution in [0.15, 0.2) is 22.4 Å². The summed E-state index contributed by atoms with van der Waals surface area (Å²) in [5.74, 6) is 0. The van der Waals surface area contributed by atoms with Gasteiger partial charge in [-0.3, -0.25) is 0 Å². The van der Waals surface area contributed by atoms with Gasteiger partial charge in [-0.15, -0.1) is 24.0 Å². The Labute approximate surface area is 84.6 Å². The second-order valence-electron chi connectivity index (χ2n) is 2.46. The van der Waals surface area contributed by atoms with Gasteiger partial charge in [0.2, 0.25) is 0 Å². The van der Waals surface area contributed by atoms with E-state index < -0.39 is 0 Å². The lowest BCUT2D eigenvalue weighted by molar-refractivity contribution is 1.61. The zero-order valence-electron chi connectivity index (χ0n) is 6.04. The number of hydrogen-bond donors (Lipinski definition) is 2. The first-order valence-corrected chi connectivity index (χ1v) is 5.05. The third-order valence-electron chi connectivity index (χ3n) is 1.68. The van der Waals surface area contributed by atoms with E-state index in [9.17, 15) is 0 Å². The first-order chi connectivity index (χ1) is 5.70. The Bertz CT molecular complexity index is 436. The molecule has 2 N–H and O–H groups in total. The van der Waals surface area contributed by atoms with E-state index in [4.69, 9.17) is 17.3 Å². The standard InChI is InChI=1S/C8H6ClNS2/c9-4-1-2-6(11)8-7(4)5(10)3-12-8/h1-3,11H,10H2. The zero-order valence-corrected chi connectivity index (χ0v) is 8.51. The van der Waals surface area contributed by atoms with Crippen LogP contribution in [0.2, 0.25) is 5.02 Å². The van der Waals surface area contributed by atoms with Gasteiger partial charge in [-0.05, 0) is 12.1 Å². The molecule has 0 saturated heterocycles. The predicted molar refractivity (Wildman–Crippen MR) is 58.5 cm³/mol. The highest BCUT2D eigenvalue weighted by Crippen LogP contribution is 2.37. The molecule has 1 aromatic carbocycles. The second-order valence-corrected chi connectivity index (χ2v) is 4.23. The Kier molecular flexibility index (Phi) is 1.94. The number of nitrogen functional groups attached to an aromatic ring is 1. The molecule has 0 spiro atoms. The molecule has 0 aliphatic rings. The van der Waals surface area contributed by atoms with Crippen molar-refractivity contribution in [3.05, 3.63) is 22.5 Å². The smallest absolute Gasteiger partial charge is 0.0518 e. The lowest BCUT2D eigenvalue weighted by Gasteiger charge is -1.97. The van der Waals surface area contributed by atoms with Crippen molar-refractivity contribution in [2.24, 2.45) is 0 Å². The van der Waals surface area contributed by atoms with E-state index in [0.717, 1.165) is 20.7 Å². The van der Waals surface area contributed by atoms with Gasteiger partial charge in [-0.25, -0.2) is 0 Å². The number of nitrogens with two attached hydrogens (primary N) is 1. The van der Waals surface area contributed by atoms with Crippen molar-refractivity contribution in [1.82, 2.24) is 0 Å². The zero-order chi connectivity index (χ0) is 8.72. The minimum atomic E-state index is 0.696. The van der Waals surface area contributed by atoms with Crippen LogP contribution in [0.3, 0.4) is 0 Å². The molecule has 0 radical (unpaired) electrons. The summed E-state index contributed by atoms with van der Waals surface area (Å²) in [6, 6.07) is 3.69. The summed E-state index contributed by atoms with van der Waals surface area (Å²) in [5, 5.41) is 3.51. The van der Waals surface area contributed by atoms with Crippen LogP contribution in [0.25, 0.3) is 10.1 Å². The molecule has 1 nitrogen and oxygen atoms in total. The molecule has 0 atom stereocenters. The summed E-state index contributed by atoms with van der Waals surface area (Å²) in [5.41, 5.74) is 6.47. The third-order valence-corrected chi connectivity index (χ3v) is 3.55. The molecule has 4 heteroatoms. The van der Waals surface area contributed by atoms with Gasteiger partial charge in [0.15, 0.2) is 0 Å². The second kappa shape index (κ2) is 2.83. The van der Waals surface area contributed by atoms with Gasteiger partial charge in [0.25, 0.3) is 0 Å². The number of fused-ring (bicyclic) bond motifs is 1. The highest BCUT2D eigenvalue weighted by atomic mass is 35.5. The fourth-order valence-electron chi connectivity index (χ4n) is 1.12. The predicted octanol–water partition coefficient (Wildman–Crippen LogP) is 3.43. The number of hydrogen-bond acceptors (Lipinski definition) is 3. The quantitative estimate of drug-likeness (QED) is 0.647. The van der Waals surface area contributed by atoms with Gasteiger partial charge in [0, 0.05) is 15.7 Å². The van der Waals surface area contributed by atoms with Crippen LogP contribution in [0.4, 0.5) is 5.69 Å². The van der Waals surface area contributed by atoms with E-state index >= 15 is 0 Å². The largest absolute Gasteiger partial charge is 0.398 e. The minimum Gasteiger partial charge on any atom is -0.398 e. The normalized spacial score (nSPS) is 10.8. The molecular weight excluding hydrogens is 210 g/mol. The van der Waals surface area contributed by atoms with E-state index in [1.807, 2.05) is 17.5 Å². The lowest BCUT2D eigenvalue weighted by atomic mass is 10.2. The van der Waals surface area contributed by atoms with Crippen LogP contribution in [-0.2, 0) is 0 Å². The fourth-order valence-corrected chi connectivity index (χ4v) is 2.68. The third kappa shape index (κ3) is 1.09. The Hall–Kier alpha value is -0.380. The molecule has 62 valence electrons. The molecule has 12 heavy (non-hydrogen) atoms. The van der Waals surface area contributed by atoms with Gasteiger partial charge in [0.05, 0.1) is 15.4 Å². The Balaban J connectivity index is 2.98. The average molecular weight is 216 g/mol. The minimum absolute atomic E-state index is 0.696. The van der Waals surface area contributed by atoms with Crippen molar-refractivity contribution in [3.8, 4) is 0 Å². The summed E-state index contributed by atoms with van der Waals surface area (Å²) < 4.78 is 1.06. The van der Waals surface area contributed by atoms with Gasteiger partial charge in [-0.2, -0.15) is 0 Å². The van der Waals surface area contributed by atoms with Crippen LogP contribution in [0.1, 0.15) is 0 Å². The van der Waals surface area contributed by atoms with Crippen molar-refractivity contribution in [2.45, 2.75) is 4.90 Å². The van der Waals surface area contributed by atoms with Crippen LogP contribution >= 0.6 is 35.6 Å². The molecule has 0 unspecified atom stereocenters. The highest BCUT2D eigenvalue weighted by molar-refractivity contribution is 7.80. The van der Waals surface area contributed by atoms with Crippen molar-refractivity contribution in [1.29, 1.82) is 0 Å². The molecule has 1 aromatic heterocycles. The maximum absolute atomic E-state index is 5.97. The number of thiophene rings is 1. The number of halogens is 1. The molecule has 0 amide bonds. The van der Waals surface area contributed by atoms with Crippen molar-refractivity contribution in [2.75, 3.05) is 5.73 Å². The van der Waals surface area contributed by atoms with Gasteiger partial charge < -0.3 is 5.73 Å². The van der Waals surface area contributed by atoms with E-state index in [2.05, 4.69) is 12.6 Å². The first kappa shape index (κ1) is 8.23. The lowest BCUT2D eigenvalue weighted by Crippen LogP contribution is -1.81. The van der Waals surface area contributed by atoms with E-state index in [-0.39, 0.29) is 0 Å². The summed E-state index contributed by atoms with van der Waals surface area (Å²) in [4.78, 5) is 0.927. The van der Waals surface area contributed by atoms with Crippen molar-refractivity contribution in [3.63, 3.8) is 0 Å². The SMILES string of the molecule is Nc1csc2c(S)ccc(Cl)c12. The van der Waals surface area contributed by atoms with Crippen LogP contribution < -0.4 is 5.73 Å². The molecular formula is C8H6ClNS2. The van der Waals surface area contributed by atoms with Gasteiger partial charge in [0.1, 0.15) is 0 Å². The van der Waals surface area contributed by atoms with Gasteiger partial charge in [-0.1, -0.05) is 11.6 Å². The maximum Gasteiger partial charge on any atom is 0.0518 e. The average Bonchev–Trinajstić information content (AvgIpc) is 2.42. The molecule has 0 aliphatic carbocycles. The highest BCUT2D eigenvalue weighted by Gasteiger charge is 2.07. The molecule has 0 aliphatic heterocycles. The molecule has 1 heterocycles. The fraction of sp³-hybridized carbons (Fsp3) is 0. The molecule has 2 rings (SSSR count). The topological polar surface area (TPSA) is 26.0 Å². The van der Waals surface area contributed by atoms with Crippen LogP contribution in [0.5, 0.6) is 0 Å². The summed E-state index contributed by atoms with van der Waals surface area (Å²) >= 11 is 11.8. The van der Waals surface area contributed by atoms with Crippen LogP contribution in [0, 0.1) is 0 Å². The number of benzene rings is 1. The molecule has 0 fully saturated rings. The molecule has 2 aromatic rings. The van der Waals surface area contributed by atoms with Gasteiger partial charge >= 0.3 is 0 Å². The van der Waals surface area contributed by atoms with Crippen LogP contribution in [-0.4, -0.2) is 0 Å². The molecule has 0 saturated carbocycles. The van der Waals surface area contributed by atoms with E-state index in [0.29, 0.717) is 5.02 Å². The Morgan fingerprint density at radius 2 is 2.17 bits per heavy atom. The van der Waals surface area contributed by atoms with Crippen molar-refractivity contribution >= 4 is 51.3 Å².